The lowest BCUT2D eigenvalue weighted by molar-refractivity contribution is -0.131. The Balaban J connectivity index is 1.84. The van der Waals surface area contributed by atoms with Gasteiger partial charge in [0.2, 0.25) is 5.16 Å². The predicted molar refractivity (Wildman–Crippen MR) is 128 cm³/mol. The molecule has 32 heavy (non-hydrogen) atoms. The van der Waals surface area contributed by atoms with Crippen molar-refractivity contribution in [1.82, 2.24) is 15.2 Å². The maximum atomic E-state index is 13.9. The molecule has 0 radical (unpaired) electrons. The topological polar surface area (TPSA) is 97.3 Å². The molecule has 0 saturated carbocycles. The first-order chi connectivity index (χ1) is 15.4. The van der Waals surface area contributed by atoms with E-state index in [9.17, 15) is 14.3 Å². The monoisotopic (exact) mass is 569 g/mol. The van der Waals surface area contributed by atoms with Crippen LogP contribution in [-0.4, -0.2) is 33.4 Å². The van der Waals surface area contributed by atoms with Crippen LogP contribution in [0.25, 0.3) is 6.08 Å². The van der Waals surface area contributed by atoms with Crippen molar-refractivity contribution < 1.29 is 23.8 Å². The summed E-state index contributed by atoms with van der Waals surface area (Å²) in [5.41, 5.74) is 1.03. The highest BCUT2D eigenvalue weighted by Crippen LogP contribution is 2.36. The Morgan fingerprint density at radius 3 is 2.81 bits per heavy atom. The summed E-state index contributed by atoms with van der Waals surface area (Å²) in [7, 11) is 1.49. The van der Waals surface area contributed by atoms with E-state index in [1.54, 1.807) is 30.3 Å². The quantitative estimate of drug-likeness (QED) is 0.194. The zero-order valence-corrected chi connectivity index (χ0v) is 20.4. The van der Waals surface area contributed by atoms with Gasteiger partial charge in [-0.2, -0.15) is 0 Å². The first kappa shape index (κ1) is 24.1. The number of aryl methyl sites for hydroxylation is 1. The fourth-order valence-corrected chi connectivity index (χ4v) is 4.29. The van der Waals surface area contributed by atoms with Crippen molar-refractivity contribution in [3.8, 4) is 11.5 Å². The summed E-state index contributed by atoms with van der Waals surface area (Å²) in [4.78, 5) is 16.2. The Hall–Kier alpha value is -2.60. The standard InChI is InChI=1S/C22H21FIN3O4S/c1-3-6-19-25-22(27-26-19)32-18(21(28)29)11-13-9-16(24)20(17(10-13)30-2)31-12-14-7-4-5-8-15(14)23/h4-5,7-11H,3,6,12H2,1-2H3,(H,28,29)(H,25,26,27)/b18-11-. The van der Waals surface area contributed by atoms with Gasteiger partial charge in [-0.25, -0.2) is 14.2 Å². The van der Waals surface area contributed by atoms with E-state index in [-0.39, 0.29) is 17.3 Å². The largest absolute Gasteiger partial charge is 0.493 e. The number of halogens is 2. The van der Waals surface area contributed by atoms with E-state index in [0.29, 0.717) is 37.2 Å². The van der Waals surface area contributed by atoms with Crippen LogP contribution >= 0.6 is 34.4 Å². The van der Waals surface area contributed by atoms with Crippen molar-refractivity contribution in [3.05, 3.63) is 67.6 Å². The Morgan fingerprint density at radius 1 is 1.34 bits per heavy atom. The Labute approximate surface area is 202 Å². The minimum absolute atomic E-state index is 0.0371. The van der Waals surface area contributed by atoms with Crippen LogP contribution < -0.4 is 9.47 Å². The number of nitrogens with zero attached hydrogens (tertiary/aromatic N) is 2. The minimum Gasteiger partial charge on any atom is -0.493 e. The SMILES string of the molecule is CCCc1nc(S/C(=C\c2cc(I)c(OCc3ccccc3F)c(OC)c2)C(=O)O)n[nH]1. The number of nitrogens with one attached hydrogen (secondary N) is 1. The molecule has 0 spiro atoms. The number of hydrogen-bond donors (Lipinski definition) is 2. The summed E-state index contributed by atoms with van der Waals surface area (Å²) in [6.07, 6.45) is 3.17. The van der Waals surface area contributed by atoms with Gasteiger partial charge in [0.1, 0.15) is 23.2 Å². The lowest BCUT2D eigenvalue weighted by Gasteiger charge is -2.14. The van der Waals surface area contributed by atoms with E-state index in [2.05, 4.69) is 37.8 Å². The molecule has 0 aliphatic heterocycles. The molecule has 0 atom stereocenters. The molecule has 0 aliphatic carbocycles. The minimum atomic E-state index is -1.09. The second-order valence-corrected chi connectivity index (χ2v) is 8.82. The van der Waals surface area contributed by atoms with Crippen LogP contribution in [0.4, 0.5) is 4.39 Å². The molecule has 0 saturated heterocycles. The second kappa shape index (κ2) is 11.3. The van der Waals surface area contributed by atoms with Crippen molar-refractivity contribution in [2.24, 2.45) is 0 Å². The first-order valence-electron chi connectivity index (χ1n) is 9.69. The van der Waals surface area contributed by atoms with Crippen LogP contribution in [0.15, 0.2) is 46.5 Å². The number of H-pyrrole nitrogens is 1. The molecule has 3 aromatic rings. The number of thioether (sulfide) groups is 1. The lowest BCUT2D eigenvalue weighted by Crippen LogP contribution is -2.02. The third-order valence-electron chi connectivity index (χ3n) is 4.29. The highest BCUT2D eigenvalue weighted by molar-refractivity contribution is 14.1. The number of aliphatic carboxylic acids is 1. The first-order valence-corrected chi connectivity index (χ1v) is 11.6. The molecule has 2 N–H and O–H groups in total. The highest BCUT2D eigenvalue weighted by Gasteiger charge is 2.16. The number of methoxy groups -OCH3 is 1. The fourth-order valence-electron chi connectivity index (χ4n) is 2.79. The van der Waals surface area contributed by atoms with Crippen molar-refractivity contribution >= 4 is 46.4 Å². The van der Waals surface area contributed by atoms with E-state index >= 15 is 0 Å². The summed E-state index contributed by atoms with van der Waals surface area (Å²) in [6.45, 7) is 2.06. The van der Waals surface area contributed by atoms with E-state index in [1.807, 2.05) is 6.92 Å². The van der Waals surface area contributed by atoms with Gasteiger partial charge >= 0.3 is 5.97 Å². The average molecular weight is 569 g/mol. The Morgan fingerprint density at radius 2 is 2.12 bits per heavy atom. The number of ether oxygens (including phenoxy) is 2. The molecule has 3 rings (SSSR count). The zero-order valence-electron chi connectivity index (χ0n) is 17.4. The van der Waals surface area contributed by atoms with Gasteiger partial charge < -0.3 is 14.6 Å². The van der Waals surface area contributed by atoms with E-state index < -0.39 is 5.97 Å². The van der Waals surface area contributed by atoms with E-state index in [0.717, 1.165) is 24.6 Å². The number of aromatic amines is 1. The average Bonchev–Trinajstić information content (AvgIpc) is 3.20. The van der Waals surface area contributed by atoms with Crippen molar-refractivity contribution in [1.29, 1.82) is 0 Å². The molecule has 0 amide bonds. The maximum absolute atomic E-state index is 13.9. The summed E-state index contributed by atoms with van der Waals surface area (Å²) in [5.74, 6) is 0.143. The van der Waals surface area contributed by atoms with E-state index in [1.165, 1.54) is 19.3 Å². The van der Waals surface area contributed by atoms with Crippen molar-refractivity contribution in [2.75, 3.05) is 7.11 Å². The van der Waals surface area contributed by atoms with Gasteiger partial charge in [0.25, 0.3) is 0 Å². The summed E-state index contributed by atoms with van der Waals surface area (Å²) in [5, 5.41) is 16.9. The van der Waals surface area contributed by atoms with Crippen molar-refractivity contribution in [3.63, 3.8) is 0 Å². The number of aromatic nitrogens is 3. The van der Waals surface area contributed by atoms with Gasteiger partial charge in [-0.3, -0.25) is 5.10 Å². The van der Waals surface area contributed by atoms with Gasteiger partial charge in [0.05, 0.1) is 10.7 Å². The highest BCUT2D eigenvalue weighted by atomic mass is 127. The van der Waals surface area contributed by atoms with Gasteiger partial charge in [0, 0.05) is 12.0 Å². The number of carboxylic acid groups (broad SMARTS) is 1. The number of hydrogen-bond acceptors (Lipinski definition) is 6. The van der Waals surface area contributed by atoms with E-state index in [4.69, 9.17) is 9.47 Å². The number of benzene rings is 2. The van der Waals surface area contributed by atoms with Gasteiger partial charge in [-0.05, 0) is 70.6 Å². The molecular formula is C22H21FIN3O4S. The third-order valence-corrected chi connectivity index (χ3v) is 5.97. The molecular weight excluding hydrogens is 548 g/mol. The van der Waals surface area contributed by atoms with Crippen LogP contribution in [-0.2, 0) is 17.8 Å². The lowest BCUT2D eigenvalue weighted by atomic mass is 10.2. The third kappa shape index (κ3) is 6.22. The van der Waals surface area contributed by atoms with Gasteiger partial charge in [-0.15, -0.1) is 5.10 Å². The summed E-state index contributed by atoms with van der Waals surface area (Å²) < 4.78 is 25.8. The molecule has 7 nitrogen and oxygen atoms in total. The van der Waals surface area contributed by atoms with Crippen LogP contribution in [0.1, 0.15) is 30.3 Å². The van der Waals surface area contributed by atoms with Crippen LogP contribution in [0.5, 0.6) is 11.5 Å². The molecule has 168 valence electrons. The molecule has 2 aromatic carbocycles. The van der Waals surface area contributed by atoms with Gasteiger partial charge in [-0.1, -0.05) is 25.1 Å². The Kier molecular flexibility index (Phi) is 8.51. The molecule has 0 aliphatic rings. The fraction of sp³-hybridized carbons (Fsp3) is 0.227. The molecule has 0 bridgehead atoms. The number of rotatable bonds is 10. The zero-order chi connectivity index (χ0) is 23.1. The smallest absolute Gasteiger partial charge is 0.342 e. The Bertz CT molecular complexity index is 1140. The van der Waals surface area contributed by atoms with Crippen LogP contribution in [0, 0.1) is 9.39 Å². The van der Waals surface area contributed by atoms with Gasteiger partial charge in [0.15, 0.2) is 11.5 Å². The predicted octanol–water partition coefficient (Wildman–Crippen LogP) is 5.31. The summed E-state index contributed by atoms with van der Waals surface area (Å²) >= 11 is 3.04. The normalized spacial score (nSPS) is 11.4. The van der Waals surface area contributed by atoms with Crippen molar-refractivity contribution in [2.45, 2.75) is 31.5 Å². The number of carbonyl (C=O) groups is 1. The van der Waals surface area contributed by atoms with Crippen LogP contribution in [0.2, 0.25) is 0 Å². The second-order valence-electron chi connectivity index (χ2n) is 6.64. The molecule has 10 heteroatoms. The number of carboxylic acids is 1. The molecule has 0 unspecified atom stereocenters. The maximum Gasteiger partial charge on any atom is 0.342 e. The van der Waals surface area contributed by atoms with Crippen LogP contribution in [0.3, 0.4) is 0 Å². The molecule has 1 aromatic heterocycles. The molecule has 1 heterocycles. The summed E-state index contributed by atoms with van der Waals surface area (Å²) in [6, 6.07) is 9.82. The molecule has 0 fully saturated rings.